The van der Waals surface area contributed by atoms with E-state index in [2.05, 4.69) is 14.5 Å². The molecule has 1 rings (SSSR count). The first-order chi connectivity index (χ1) is 9.14. The molecule has 0 radical (unpaired) electrons. The van der Waals surface area contributed by atoms with E-state index in [9.17, 15) is 31.1 Å². The van der Waals surface area contributed by atoms with Crippen LogP contribution in [0.5, 0.6) is 5.88 Å². The summed E-state index contributed by atoms with van der Waals surface area (Å²) in [6.07, 6.45) is -9.37. The van der Waals surface area contributed by atoms with Gasteiger partial charge in [-0.15, -0.1) is 13.2 Å². The number of carbonyl (C=O) groups excluding carboxylic acids is 1. The van der Waals surface area contributed by atoms with E-state index in [4.69, 9.17) is 0 Å². The number of ether oxygens (including phenoxy) is 2. The summed E-state index contributed by atoms with van der Waals surface area (Å²) < 4.78 is 81.9. The number of rotatable bonds is 4. The van der Waals surface area contributed by atoms with Crippen molar-refractivity contribution in [2.45, 2.75) is 19.2 Å². The largest absolute Gasteiger partial charge is 0.574 e. The Balaban J connectivity index is 3.24. The van der Waals surface area contributed by atoms with Crippen molar-refractivity contribution in [2.75, 3.05) is 7.11 Å². The zero-order chi connectivity index (χ0) is 15.5. The first-order valence-electron chi connectivity index (χ1n) is 4.94. The molecule has 112 valence electrons. The molecule has 4 nitrogen and oxygen atoms in total. The fourth-order valence-electron chi connectivity index (χ4n) is 1.32. The van der Waals surface area contributed by atoms with Gasteiger partial charge in [-0.3, -0.25) is 4.79 Å². The molecule has 0 bridgehead atoms. The molecule has 0 amide bonds. The zero-order valence-electron chi connectivity index (χ0n) is 9.80. The molecule has 20 heavy (non-hydrogen) atoms. The molecule has 0 saturated heterocycles. The minimum atomic E-state index is -5.17. The van der Waals surface area contributed by atoms with Gasteiger partial charge in [0.1, 0.15) is 0 Å². The lowest BCUT2D eigenvalue weighted by molar-refractivity contribution is -0.276. The highest BCUT2D eigenvalue weighted by Crippen LogP contribution is 2.30. The van der Waals surface area contributed by atoms with Crippen LogP contribution in [0.3, 0.4) is 0 Å². The van der Waals surface area contributed by atoms with Gasteiger partial charge in [0.15, 0.2) is 0 Å². The van der Waals surface area contributed by atoms with Gasteiger partial charge in [0, 0.05) is 6.07 Å². The second kappa shape index (κ2) is 5.97. The number of hydrogen-bond donors (Lipinski definition) is 0. The van der Waals surface area contributed by atoms with Gasteiger partial charge in [-0.1, -0.05) is 0 Å². The summed E-state index contributed by atoms with van der Waals surface area (Å²) in [7, 11) is 0.940. The average Bonchev–Trinajstić information content (AvgIpc) is 2.24. The van der Waals surface area contributed by atoms with Gasteiger partial charge in [0.2, 0.25) is 11.8 Å². The fourth-order valence-corrected chi connectivity index (χ4v) is 1.32. The summed E-state index contributed by atoms with van der Waals surface area (Å²) >= 11 is 0. The van der Waals surface area contributed by atoms with E-state index in [0.717, 1.165) is 7.11 Å². The number of aromatic nitrogens is 1. The maximum Gasteiger partial charge on any atom is 0.574 e. The lowest BCUT2D eigenvalue weighted by Gasteiger charge is -2.12. The predicted molar refractivity (Wildman–Crippen MR) is 51.6 cm³/mol. The number of alkyl halides is 5. The highest BCUT2D eigenvalue weighted by molar-refractivity contribution is 5.73. The van der Waals surface area contributed by atoms with Gasteiger partial charge >= 0.3 is 12.3 Å². The highest BCUT2D eigenvalue weighted by Gasteiger charge is 2.33. The number of carbonyl (C=O) groups is 1. The topological polar surface area (TPSA) is 48.4 Å². The molecule has 0 fully saturated rings. The lowest BCUT2D eigenvalue weighted by Crippen LogP contribution is -2.19. The maximum atomic E-state index is 13.3. The number of halogens is 6. The molecule has 1 heterocycles. The van der Waals surface area contributed by atoms with Crippen LogP contribution >= 0.6 is 0 Å². The smallest absolute Gasteiger partial charge is 0.469 e. The third kappa shape index (κ3) is 4.28. The van der Waals surface area contributed by atoms with E-state index in [1.54, 1.807) is 0 Å². The van der Waals surface area contributed by atoms with Crippen LogP contribution in [0.25, 0.3) is 0 Å². The molecule has 0 N–H and O–H groups in total. The molecule has 0 unspecified atom stereocenters. The first-order valence-corrected chi connectivity index (χ1v) is 4.94. The summed E-state index contributed by atoms with van der Waals surface area (Å²) in [5, 5.41) is 0. The Hall–Kier alpha value is -2.00. The third-order valence-electron chi connectivity index (χ3n) is 2.08. The van der Waals surface area contributed by atoms with Crippen molar-refractivity contribution in [2.24, 2.45) is 0 Å². The minimum Gasteiger partial charge on any atom is -0.469 e. The molecule has 1 aromatic rings. The van der Waals surface area contributed by atoms with Crippen LogP contribution in [0.4, 0.5) is 26.3 Å². The molecule has 0 atom stereocenters. The van der Waals surface area contributed by atoms with E-state index in [0.29, 0.717) is 6.07 Å². The average molecular weight is 303 g/mol. The SMILES string of the molecule is COC(=O)Cc1cc(OC(F)(F)F)nc(F)c1C(F)F. The fraction of sp³-hybridized carbons (Fsp3) is 0.400. The van der Waals surface area contributed by atoms with Crippen molar-refractivity contribution < 1.29 is 40.6 Å². The monoisotopic (exact) mass is 303 g/mol. The van der Waals surface area contributed by atoms with E-state index in [1.165, 1.54) is 0 Å². The summed E-state index contributed by atoms with van der Waals surface area (Å²) in [6.45, 7) is 0. The molecule has 0 saturated carbocycles. The minimum absolute atomic E-state index is 0.412. The Kier molecular flexibility index (Phi) is 4.79. The van der Waals surface area contributed by atoms with Crippen molar-refractivity contribution in [1.82, 2.24) is 4.98 Å². The molecule has 10 heteroatoms. The van der Waals surface area contributed by atoms with Crippen LogP contribution in [0.15, 0.2) is 6.07 Å². The van der Waals surface area contributed by atoms with Gasteiger partial charge in [0.25, 0.3) is 6.43 Å². The van der Waals surface area contributed by atoms with Crippen molar-refractivity contribution >= 4 is 5.97 Å². The summed E-state index contributed by atoms with van der Waals surface area (Å²) in [6, 6.07) is 0.412. The molecule has 0 spiro atoms. The molecule has 0 aromatic carbocycles. The normalized spacial score (nSPS) is 11.6. The van der Waals surface area contributed by atoms with Crippen LogP contribution in [0.1, 0.15) is 17.6 Å². The van der Waals surface area contributed by atoms with Crippen LogP contribution in [0, 0.1) is 5.95 Å². The van der Waals surface area contributed by atoms with E-state index < -0.39 is 48.1 Å². The van der Waals surface area contributed by atoms with Crippen molar-refractivity contribution in [1.29, 1.82) is 0 Å². The van der Waals surface area contributed by atoms with Crippen molar-refractivity contribution in [3.63, 3.8) is 0 Å². The second-order valence-corrected chi connectivity index (χ2v) is 3.43. The number of methoxy groups -OCH3 is 1. The van der Waals surface area contributed by atoms with E-state index in [1.807, 2.05) is 0 Å². The molecular formula is C10H7F6NO3. The lowest BCUT2D eigenvalue weighted by atomic mass is 10.1. The molecular weight excluding hydrogens is 296 g/mol. The third-order valence-corrected chi connectivity index (χ3v) is 2.08. The highest BCUT2D eigenvalue weighted by atomic mass is 19.4. The molecule has 0 aliphatic carbocycles. The van der Waals surface area contributed by atoms with Crippen LogP contribution in [0.2, 0.25) is 0 Å². The van der Waals surface area contributed by atoms with Crippen molar-refractivity contribution in [3.8, 4) is 5.88 Å². The predicted octanol–water partition coefficient (Wildman–Crippen LogP) is 2.77. The molecule has 0 aliphatic rings. The standard InChI is InChI=1S/C10H7F6NO3/c1-19-6(18)3-4-2-5(20-10(14,15)16)17-9(13)7(4)8(11)12/h2,8H,3H2,1H3. The van der Waals surface area contributed by atoms with Crippen molar-refractivity contribution in [3.05, 3.63) is 23.1 Å². The Bertz CT molecular complexity index is 503. The van der Waals surface area contributed by atoms with Gasteiger partial charge in [-0.05, 0) is 5.56 Å². The van der Waals surface area contributed by atoms with E-state index >= 15 is 0 Å². The Morgan fingerprint density at radius 1 is 1.40 bits per heavy atom. The van der Waals surface area contributed by atoms with Gasteiger partial charge in [-0.25, -0.2) is 8.78 Å². The Morgan fingerprint density at radius 2 is 2.00 bits per heavy atom. The summed E-state index contributed by atoms with van der Waals surface area (Å²) in [5.41, 5.74) is -1.97. The van der Waals surface area contributed by atoms with Crippen LogP contribution < -0.4 is 4.74 Å². The number of nitrogens with zero attached hydrogens (tertiary/aromatic N) is 1. The Morgan fingerprint density at radius 3 is 2.45 bits per heavy atom. The number of pyridine rings is 1. The summed E-state index contributed by atoms with van der Waals surface area (Å²) in [4.78, 5) is 13.6. The molecule has 0 aliphatic heterocycles. The quantitative estimate of drug-likeness (QED) is 0.487. The maximum absolute atomic E-state index is 13.3. The number of esters is 1. The first kappa shape index (κ1) is 16.1. The van der Waals surface area contributed by atoms with Gasteiger partial charge < -0.3 is 9.47 Å². The van der Waals surface area contributed by atoms with Gasteiger partial charge in [-0.2, -0.15) is 9.37 Å². The molecule has 1 aromatic heterocycles. The summed E-state index contributed by atoms with van der Waals surface area (Å²) in [5.74, 6) is -4.16. The van der Waals surface area contributed by atoms with Crippen LogP contribution in [-0.2, 0) is 16.0 Å². The second-order valence-electron chi connectivity index (χ2n) is 3.43. The van der Waals surface area contributed by atoms with E-state index in [-0.39, 0.29) is 0 Å². The van der Waals surface area contributed by atoms with Crippen LogP contribution in [-0.4, -0.2) is 24.4 Å². The Labute approximate surface area is 108 Å². The van der Waals surface area contributed by atoms with Gasteiger partial charge in [0.05, 0.1) is 19.1 Å². The number of hydrogen-bond acceptors (Lipinski definition) is 4. The zero-order valence-corrected chi connectivity index (χ0v) is 9.80.